The van der Waals surface area contributed by atoms with Gasteiger partial charge in [0.1, 0.15) is 0 Å². The van der Waals surface area contributed by atoms with Crippen molar-refractivity contribution in [3.05, 3.63) is 0 Å². The van der Waals surface area contributed by atoms with Crippen LogP contribution in [0, 0.1) is 0 Å². The summed E-state index contributed by atoms with van der Waals surface area (Å²) in [5, 5.41) is 1.98. The number of hydrazine groups is 1. The highest BCUT2D eigenvalue weighted by atomic mass is 31.2. The maximum absolute atomic E-state index is 11.2. The van der Waals surface area contributed by atoms with Crippen molar-refractivity contribution in [2.24, 2.45) is 0 Å². The Morgan fingerprint density at radius 1 is 1.38 bits per heavy atom. The van der Waals surface area contributed by atoms with Gasteiger partial charge in [-0.25, -0.2) is 10.4 Å². The van der Waals surface area contributed by atoms with Gasteiger partial charge in [-0.05, 0) is 17.4 Å². The molecule has 0 bridgehead atoms. The standard InChI is InChI=1S/C7H16N2O5P2/c10-15(5-6-16(11,12)13)14-7-8-9-3-1-2-4-9/h8H,1-7H2,(H-,11,12,13)/p+1. The fourth-order valence-corrected chi connectivity index (χ4v) is 3.37. The Hall–Kier alpha value is 0.130. The van der Waals surface area contributed by atoms with Crippen LogP contribution in [0.25, 0.3) is 0 Å². The van der Waals surface area contributed by atoms with Crippen LogP contribution in [0.5, 0.6) is 0 Å². The van der Waals surface area contributed by atoms with Crippen molar-refractivity contribution in [3.8, 4) is 0 Å². The van der Waals surface area contributed by atoms with E-state index in [4.69, 9.17) is 14.3 Å². The Morgan fingerprint density at radius 2 is 2.00 bits per heavy atom. The second kappa shape index (κ2) is 6.77. The van der Waals surface area contributed by atoms with Crippen LogP contribution in [0.15, 0.2) is 0 Å². The minimum Gasteiger partial charge on any atom is -0.324 e. The topological polar surface area (TPSA) is 99.1 Å². The third kappa shape index (κ3) is 6.66. The molecule has 0 aromatic rings. The van der Waals surface area contributed by atoms with Crippen LogP contribution in [0.2, 0.25) is 0 Å². The van der Waals surface area contributed by atoms with Crippen molar-refractivity contribution in [2.75, 3.05) is 32.1 Å². The summed E-state index contributed by atoms with van der Waals surface area (Å²) >= 11 is 0. The molecule has 16 heavy (non-hydrogen) atoms. The Morgan fingerprint density at radius 3 is 2.56 bits per heavy atom. The fourth-order valence-electron chi connectivity index (χ4n) is 1.34. The molecule has 1 aliphatic heterocycles. The van der Waals surface area contributed by atoms with Crippen LogP contribution >= 0.6 is 15.6 Å². The SMILES string of the molecule is O=[P+](CCP(=O)(O)O)OCNN1CCCC1. The summed E-state index contributed by atoms with van der Waals surface area (Å²) in [6.07, 6.45) is 1.77. The van der Waals surface area contributed by atoms with Gasteiger partial charge >= 0.3 is 15.6 Å². The van der Waals surface area contributed by atoms with Crippen molar-refractivity contribution in [1.82, 2.24) is 10.4 Å². The first-order valence-electron chi connectivity index (χ1n) is 5.08. The van der Waals surface area contributed by atoms with E-state index in [-0.39, 0.29) is 12.9 Å². The zero-order chi connectivity index (χ0) is 12.0. The Bertz CT molecular complexity index is 276. The number of hydrogen-bond acceptors (Lipinski definition) is 5. The molecule has 1 fully saturated rings. The molecule has 0 radical (unpaired) electrons. The van der Waals surface area contributed by atoms with Crippen molar-refractivity contribution < 1.29 is 23.4 Å². The first-order valence-corrected chi connectivity index (χ1v) is 8.24. The molecule has 7 nitrogen and oxygen atoms in total. The highest BCUT2D eigenvalue weighted by molar-refractivity contribution is 7.53. The second-order valence-corrected chi connectivity index (χ2v) is 6.72. The van der Waals surface area contributed by atoms with Gasteiger partial charge in [0.15, 0.2) is 12.9 Å². The van der Waals surface area contributed by atoms with E-state index in [1.54, 1.807) is 0 Å². The van der Waals surface area contributed by atoms with Gasteiger partial charge in [-0.3, -0.25) is 4.57 Å². The van der Waals surface area contributed by atoms with Gasteiger partial charge < -0.3 is 9.79 Å². The largest absolute Gasteiger partial charge is 0.510 e. The van der Waals surface area contributed by atoms with E-state index in [0.717, 1.165) is 25.9 Å². The lowest BCUT2D eigenvalue weighted by molar-refractivity contribution is 0.154. The van der Waals surface area contributed by atoms with E-state index in [1.165, 1.54) is 0 Å². The van der Waals surface area contributed by atoms with E-state index in [0.29, 0.717) is 0 Å². The number of nitrogens with zero attached hydrogens (tertiary/aromatic N) is 1. The molecular formula is C7H17N2O5P2+. The monoisotopic (exact) mass is 271 g/mol. The van der Waals surface area contributed by atoms with Crippen LogP contribution in [0.4, 0.5) is 0 Å². The van der Waals surface area contributed by atoms with Crippen molar-refractivity contribution in [1.29, 1.82) is 0 Å². The van der Waals surface area contributed by atoms with Gasteiger partial charge in [0, 0.05) is 13.1 Å². The number of nitrogens with one attached hydrogen (secondary N) is 1. The first-order chi connectivity index (χ1) is 7.47. The van der Waals surface area contributed by atoms with Crippen LogP contribution in [-0.4, -0.2) is 46.9 Å². The second-order valence-electron chi connectivity index (χ2n) is 3.57. The normalized spacial score (nSPS) is 19.0. The molecule has 1 rings (SSSR count). The van der Waals surface area contributed by atoms with Crippen LogP contribution in [0.3, 0.4) is 0 Å². The van der Waals surface area contributed by atoms with E-state index in [1.807, 2.05) is 5.01 Å². The summed E-state index contributed by atoms with van der Waals surface area (Å²) in [4.78, 5) is 17.1. The van der Waals surface area contributed by atoms with E-state index in [9.17, 15) is 9.13 Å². The molecule has 1 heterocycles. The Balaban J connectivity index is 2.03. The van der Waals surface area contributed by atoms with E-state index in [2.05, 4.69) is 5.43 Å². The number of rotatable bonds is 7. The third-order valence-electron chi connectivity index (χ3n) is 2.18. The Labute approximate surface area is 95.2 Å². The van der Waals surface area contributed by atoms with Crippen molar-refractivity contribution >= 4 is 15.6 Å². The molecule has 9 heteroatoms. The molecule has 0 aliphatic carbocycles. The van der Waals surface area contributed by atoms with Gasteiger partial charge in [0.05, 0.1) is 6.16 Å². The minimum atomic E-state index is -4.07. The molecular weight excluding hydrogens is 254 g/mol. The van der Waals surface area contributed by atoms with Crippen molar-refractivity contribution in [2.45, 2.75) is 12.8 Å². The smallest absolute Gasteiger partial charge is 0.324 e. The van der Waals surface area contributed by atoms with E-state index < -0.39 is 21.8 Å². The summed E-state index contributed by atoms with van der Waals surface area (Å²) < 4.78 is 26.6. The summed E-state index contributed by atoms with van der Waals surface area (Å²) in [7, 11) is -6.06. The molecule has 0 spiro atoms. The fraction of sp³-hybridized carbons (Fsp3) is 1.00. The Kier molecular flexibility index (Phi) is 6.00. The lowest BCUT2D eigenvalue weighted by atomic mass is 10.4. The van der Waals surface area contributed by atoms with Crippen LogP contribution in [0.1, 0.15) is 12.8 Å². The molecule has 1 aliphatic rings. The summed E-state index contributed by atoms with van der Waals surface area (Å²) in [5.41, 5.74) is 2.94. The highest BCUT2D eigenvalue weighted by Crippen LogP contribution is 2.37. The van der Waals surface area contributed by atoms with Gasteiger partial charge in [-0.2, -0.15) is 0 Å². The zero-order valence-electron chi connectivity index (χ0n) is 8.91. The lowest BCUT2D eigenvalue weighted by Crippen LogP contribution is -2.36. The predicted molar refractivity (Wildman–Crippen MR) is 59.3 cm³/mol. The molecule has 0 aromatic carbocycles. The maximum atomic E-state index is 11.2. The average molecular weight is 271 g/mol. The predicted octanol–water partition coefficient (Wildman–Crippen LogP) is 0.481. The average Bonchev–Trinajstić information content (AvgIpc) is 2.66. The molecule has 94 valence electrons. The summed E-state index contributed by atoms with van der Waals surface area (Å²) in [6, 6.07) is 0. The molecule has 0 aromatic heterocycles. The molecule has 1 atom stereocenters. The molecule has 0 amide bonds. The van der Waals surface area contributed by atoms with Gasteiger partial charge in [0.25, 0.3) is 0 Å². The summed E-state index contributed by atoms with van der Waals surface area (Å²) in [6.45, 7) is 2.02. The maximum Gasteiger partial charge on any atom is 0.510 e. The van der Waals surface area contributed by atoms with Crippen molar-refractivity contribution in [3.63, 3.8) is 0 Å². The lowest BCUT2D eigenvalue weighted by Gasteiger charge is -2.13. The quantitative estimate of drug-likeness (QED) is 0.457. The first kappa shape index (κ1) is 14.2. The zero-order valence-corrected chi connectivity index (χ0v) is 10.7. The van der Waals surface area contributed by atoms with Crippen LogP contribution < -0.4 is 5.43 Å². The molecule has 1 saturated heterocycles. The molecule has 1 unspecified atom stereocenters. The van der Waals surface area contributed by atoms with Gasteiger partial charge in [-0.1, -0.05) is 0 Å². The highest BCUT2D eigenvalue weighted by Gasteiger charge is 2.24. The summed E-state index contributed by atoms with van der Waals surface area (Å²) in [5.74, 6) is 0. The van der Waals surface area contributed by atoms with E-state index >= 15 is 0 Å². The van der Waals surface area contributed by atoms with Gasteiger partial charge in [0.2, 0.25) is 0 Å². The number of hydrogen-bond donors (Lipinski definition) is 3. The molecule has 3 N–H and O–H groups in total. The molecule has 0 saturated carbocycles. The minimum absolute atomic E-state index is 0.110. The van der Waals surface area contributed by atoms with Gasteiger partial charge in [-0.15, -0.1) is 4.52 Å². The van der Waals surface area contributed by atoms with Crippen LogP contribution in [-0.2, 0) is 13.7 Å². The third-order valence-corrected chi connectivity index (χ3v) is 4.34.